The Morgan fingerprint density at radius 2 is 2.50 bits per heavy atom. The van der Waals surface area contributed by atoms with Crippen LogP contribution in [0.4, 0.5) is 5.82 Å². The molecule has 0 bridgehead atoms. The van der Waals surface area contributed by atoms with Crippen molar-refractivity contribution in [3.05, 3.63) is 11.8 Å². The first-order valence-electron chi connectivity index (χ1n) is 5.17. The third-order valence-corrected chi connectivity index (χ3v) is 2.58. The molecule has 1 saturated heterocycles. The molecule has 0 spiro atoms. The van der Waals surface area contributed by atoms with E-state index >= 15 is 0 Å². The molecule has 1 aromatic heterocycles. The standard InChI is InChI=1S/C10H17N3O/c1-8-6-10(11)13(12-8)7-9-4-2-3-5-14-9/h6,9H,2-5,7,11H2,1H3. The average Bonchev–Trinajstić information content (AvgIpc) is 2.47. The summed E-state index contributed by atoms with van der Waals surface area (Å²) in [7, 11) is 0. The summed E-state index contributed by atoms with van der Waals surface area (Å²) in [5.41, 5.74) is 6.77. The van der Waals surface area contributed by atoms with E-state index in [0.717, 1.165) is 31.1 Å². The Labute approximate surface area is 84.0 Å². The van der Waals surface area contributed by atoms with Gasteiger partial charge in [0.15, 0.2) is 0 Å². The Kier molecular flexibility index (Phi) is 2.72. The zero-order valence-corrected chi connectivity index (χ0v) is 8.57. The molecular weight excluding hydrogens is 178 g/mol. The molecule has 1 aliphatic heterocycles. The van der Waals surface area contributed by atoms with Crippen LogP contribution in [0.15, 0.2) is 6.07 Å². The van der Waals surface area contributed by atoms with Gasteiger partial charge < -0.3 is 10.5 Å². The fourth-order valence-electron chi connectivity index (χ4n) is 1.86. The van der Waals surface area contributed by atoms with E-state index in [1.807, 2.05) is 17.7 Å². The largest absolute Gasteiger partial charge is 0.384 e. The minimum Gasteiger partial charge on any atom is -0.384 e. The minimum atomic E-state index is 0.297. The predicted molar refractivity (Wildman–Crippen MR) is 55.0 cm³/mol. The Bertz CT molecular complexity index is 302. The number of nitrogens with zero attached hydrogens (tertiary/aromatic N) is 2. The van der Waals surface area contributed by atoms with Crippen LogP contribution in [0.25, 0.3) is 0 Å². The first kappa shape index (κ1) is 9.52. The molecule has 4 nitrogen and oxygen atoms in total. The molecule has 2 heterocycles. The van der Waals surface area contributed by atoms with Crippen molar-refractivity contribution in [1.82, 2.24) is 9.78 Å². The molecule has 0 amide bonds. The number of aryl methyl sites for hydroxylation is 1. The predicted octanol–water partition coefficient (Wildman–Crippen LogP) is 1.34. The van der Waals surface area contributed by atoms with E-state index in [4.69, 9.17) is 10.5 Å². The van der Waals surface area contributed by atoms with Crippen LogP contribution in [-0.2, 0) is 11.3 Å². The van der Waals surface area contributed by atoms with Crippen molar-refractivity contribution >= 4 is 5.82 Å². The van der Waals surface area contributed by atoms with Gasteiger partial charge in [-0.15, -0.1) is 0 Å². The van der Waals surface area contributed by atoms with E-state index < -0.39 is 0 Å². The van der Waals surface area contributed by atoms with Gasteiger partial charge in [0.05, 0.1) is 18.3 Å². The van der Waals surface area contributed by atoms with Gasteiger partial charge >= 0.3 is 0 Å². The van der Waals surface area contributed by atoms with E-state index in [9.17, 15) is 0 Å². The Morgan fingerprint density at radius 1 is 1.64 bits per heavy atom. The summed E-state index contributed by atoms with van der Waals surface area (Å²) in [6.07, 6.45) is 3.86. The summed E-state index contributed by atoms with van der Waals surface area (Å²) in [5.74, 6) is 0.733. The quantitative estimate of drug-likeness (QED) is 0.774. The van der Waals surface area contributed by atoms with Crippen molar-refractivity contribution in [2.24, 2.45) is 0 Å². The molecule has 2 N–H and O–H groups in total. The Hall–Kier alpha value is -1.03. The lowest BCUT2D eigenvalue weighted by atomic mass is 10.1. The molecule has 1 aromatic rings. The molecule has 0 aromatic carbocycles. The Balaban J connectivity index is 1.98. The van der Waals surface area contributed by atoms with Gasteiger partial charge in [-0.05, 0) is 26.2 Å². The van der Waals surface area contributed by atoms with Crippen LogP contribution in [0.2, 0.25) is 0 Å². The van der Waals surface area contributed by atoms with Gasteiger partial charge in [-0.25, -0.2) is 4.68 Å². The number of nitrogens with two attached hydrogens (primary N) is 1. The van der Waals surface area contributed by atoms with Crippen LogP contribution < -0.4 is 5.73 Å². The second-order valence-corrected chi connectivity index (χ2v) is 3.88. The molecule has 0 aliphatic carbocycles. The van der Waals surface area contributed by atoms with E-state index in [1.54, 1.807) is 0 Å². The van der Waals surface area contributed by atoms with Crippen LogP contribution >= 0.6 is 0 Å². The minimum absolute atomic E-state index is 0.297. The summed E-state index contributed by atoms with van der Waals surface area (Å²) >= 11 is 0. The lowest BCUT2D eigenvalue weighted by Gasteiger charge is -2.22. The summed E-state index contributed by atoms with van der Waals surface area (Å²) in [6.45, 7) is 3.62. The number of anilines is 1. The molecule has 1 aliphatic rings. The SMILES string of the molecule is Cc1cc(N)n(CC2CCCCO2)n1. The third-order valence-electron chi connectivity index (χ3n) is 2.58. The summed E-state index contributed by atoms with van der Waals surface area (Å²) < 4.78 is 7.47. The van der Waals surface area contributed by atoms with Crippen LogP contribution in [-0.4, -0.2) is 22.5 Å². The van der Waals surface area contributed by atoms with Crippen molar-refractivity contribution in [3.63, 3.8) is 0 Å². The van der Waals surface area contributed by atoms with Crippen molar-refractivity contribution in [1.29, 1.82) is 0 Å². The number of rotatable bonds is 2. The summed E-state index contributed by atoms with van der Waals surface area (Å²) in [5, 5.41) is 4.32. The van der Waals surface area contributed by atoms with Crippen molar-refractivity contribution in [3.8, 4) is 0 Å². The number of hydrogen-bond acceptors (Lipinski definition) is 3. The topological polar surface area (TPSA) is 53.1 Å². The molecule has 14 heavy (non-hydrogen) atoms. The molecule has 0 saturated carbocycles. The summed E-state index contributed by atoms with van der Waals surface area (Å²) in [4.78, 5) is 0. The van der Waals surface area contributed by atoms with E-state index in [0.29, 0.717) is 6.10 Å². The molecule has 0 radical (unpaired) electrons. The smallest absolute Gasteiger partial charge is 0.122 e. The van der Waals surface area contributed by atoms with Gasteiger partial charge in [0, 0.05) is 12.7 Å². The van der Waals surface area contributed by atoms with Gasteiger partial charge in [0.25, 0.3) is 0 Å². The molecule has 2 rings (SSSR count). The molecule has 1 atom stereocenters. The summed E-state index contributed by atoms with van der Waals surface area (Å²) in [6, 6.07) is 1.89. The van der Waals surface area contributed by atoms with Gasteiger partial charge in [-0.2, -0.15) is 5.10 Å². The number of nitrogen functional groups attached to an aromatic ring is 1. The average molecular weight is 195 g/mol. The van der Waals surface area contributed by atoms with Gasteiger partial charge in [0.1, 0.15) is 5.82 Å². The van der Waals surface area contributed by atoms with Crippen molar-refractivity contribution < 1.29 is 4.74 Å². The van der Waals surface area contributed by atoms with Crippen LogP contribution in [0.5, 0.6) is 0 Å². The zero-order valence-electron chi connectivity index (χ0n) is 8.57. The fourth-order valence-corrected chi connectivity index (χ4v) is 1.86. The molecule has 1 unspecified atom stereocenters. The highest BCUT2D eigenvalue weighted by Gasteiger charge is 2.15. The highest BCUT2D eigenvalue weighted by molar-refractivity contribution is 5.30. The first-order valence-corrected chi connectivity index (χ1v) is 5.17. The maximum atomic E-state index is 5.80. The Morgan fingerprint density at radius 3 is 3.07 bits per heavy atom. The number of hydrogen-bond donors (Lipinski definition) is 1. The van der Waals surface area contributed by atoms with Crippen molar-refractivity contribution in [2.45, 2.75) is 38.8 Å². The van der Waals surface area contributed by atoms with Crippen LogP contribution in [0.3, 0.4) is 0 Å². The number of ether oxygens (including phenoxy) is 1. The zero-order chi connectivity index (χ0) is 9.97. The van der Waals surface area contributed by atoms with Crippen LogP contribution in [0, 0.1) is 6.92 Å². The highest BCUT2D eigenvalue weighted by Crippen LogP contribution is 2.16. The van der Waals surface area contributed by atoms with Gasteiger partial charge in [-0.3, -0.25) is 0 Å². The van der Waals surface area contributed by atoms with Gasteiger partial charge in [-0.1, -0.05) is 0 Å². The first-order chi connectivity index (χ1) is 6.75. The number of aromatic nitrogens is 2. The molecule has 78 valence electrons. The van der Waals surface area contributed by atoms with E-state index in [1.165, 1.54) is 12.8 Å². The second kappa shape index (κ2) is 4.00. The lowest BCUT2D eigenvalue weighted by molar-refractivity contribution is 0.00434. The molecule has 1 fully saturated rings. The van der Waals surface area contributed by atoms with E-state index in [-0.39, 0.29) is 0 Å². The molecule has 4 heteroatoms. The highest BCUT2D eigenvalue weighted by atomic mass is 16.5. The van der Waals surface area contributed by atoms with E-state index in [2.05, 4.69) is 5.10 Å². The molecular formula is C10H17N3O. The fraction of sp³-hybridized carbons (Fsp3) is 0.700. The lowest BCUT2D eigenvalue weighted by Crippen LogP contribution is -2.25. The second-order valence-electron chi connectivity index (χ2n) is 3.88. The van der Waals surface area contributed by atoms with Crippen LogP contribution in [0.1, 0.15) is 25.0 Å². The normalized spacial score (nSPS) is 22.5. The monoisotopic (exact) mass is 195 g/mol. The maximum absolute atomic E-state index is 5.80. The maximum Gasteiger partial charge on any atom is 0.122 e. The third kappa shape index (κ3) is 2.07. The van der Waals surface area contributed by atoms with Gasteiger partial charge in [0.2, 0.25) is 0 Å². The van der Waals surface area contributed by atoms with Crippen molar-refractivity contribution in [2.75, 3.05) is 12.3 Å².